The molecule has 56 heavy (non-hydrogen) atoms. The zero-order valence-corrected chi connectivity index (χ0v) is 35.9. The maximum Gasteiger partial charge on any atom is 0.201 e. The van der Waals surface area contributed by atoms with Crippen molar-refractivity contribution in [3.63, 3.8) is 0 Å². The second-order valence-corrected chi connectivity index (χ2v) is 18.1. The Morgan fingerprint density at radius 3 is 2.25 bits per heavy atom. The van der Waals surface area contributed by atoms with Gasteiger partial charge in [-0.05, 0) is 145 Å². The molecule has 1 saturated carbocycles. The van der Waals surface area contributed by atoms with Gasteiger partial charge in [-0.1, -0.05) is 93.5 Å². The normalized spacial score (nSPS) is 31.3. The highest BCUT2D eigenvalue weighted by Crippen LogP contribution is 2.60. The van der Waals surface area contributed by atoms with Crippen LogP contribution in [-0.4, -0.2) is 60.7 Å². The SMILES string of the molecule is CCCCN(CCCC)CC(O)c1cc(Cl)cc2c1-c1ccc(Cl)cc1/C2=C/c1ccc(Cl)cc1.CO[C@H]1O[C@@H]2O[C@@]3(C)CC[C@H]4[C@H](C)CC[C@@H]([C@H]1C)[C@@]24OO3. The highest BCUT2D eigenvalue weighted by molar-refractivity contribution is 6.32. The third-order valence-electron chi connectivity index (χ3n) is 12.9. The molecule has 3 aromatic carbocycles. The molecule has 0 radical (unpaired) electrons. The molecule has 4 heterocycles. The first-order chi connectivity index (χ1) is 26.9. The number of rotatable bonds is 11. The number of nitrogens with zero attached hydrogens (tertiary/aromatic N) is 1. The van der Waals surface area contributed by atoms with Crippen LogP contribution in [-0.2, 0) is 24.0 Å². The maximum absolute atomic E-state index is 11.5. The van der Waals surface area contributed by atoms with Gasteiger partial charge in [-0.25, -0.2) is 9.78 Å². The zero-order chi connectivity index (χ0) is 39.8. The maximum atomic E-state index is 11.5. The Morgan fingerprint density at radius 2 is 1.55 bits per heavy atom. The van der Waals surface area contributed by atoms with Gasteiger partial charge in [0.25, 0.3) is 0 Å². The van der Waals surface area contributed by atoms with Crippen LogP contribution in [0.3, 0.4) is 0 Å². The molecule has 3 aromatic rings. The molecule has 4 saturated heterocycles. The molecule has 2 bridgehead atoms. The number of ether oxygens (including phenoxy) is 3. The van der Waals surface area contributed by atoms with Gasteiger partial charge in [0, 0.05) is 47.0 Å². The number of hydrogen-bond donors (Lipinski definition) is 1. The van der Waals surface area contributed by atoms with Crippen LogP contribution in [0.1, 0.15) is 114 Å². The molecule has 1 spiro atoms. The molecule has 5 fully saturated rings. The van der Waals surface area contributed by atoms with Crippen molar-refractivity contribution < 1.29 is 29.1 Å². The molecule has 9 rings (SSSR count). The Kier molecular flexibility index (Phi) is 13.3. The van der Waals surface area contributed by atoms with Gasteiger partial charge in [-0.15, -0.1) is 0 Å². The lowest BCUT2D eigenvalue weighted by atomic mass is 9.58. The van der Waals surface area contributed by atoms with E-state index in [-0.39, 0.29) is 12.2 Å². The number of benzene rings is 3. The van der Waals surface area contributed by atoms with Gasteiger partial charge in [-0.2, -0.15) is 0 Å². The molecule has 4 aliphatic heterocycles. The first kappa shape index (κ1) is 42.1. The zero-order valence-electron chi connectivity index (χ0n) is 33.7. The summed E-state index contributed by atoms with van der Waals surface area (Å²) in [5.41, 5.74) is 6.67. The molecule has 1 unspecified atom stereocenters. The molecule has 10 heteroatoms. The molecule has 1 N–H and O–H groups in total. The monoisotopic (exact) mass is 825 g/mol. The second-order valence-electron chi connectivity index (χ2n) is 16.7. The Labute approximate surface area is 348 Å². The fourth-order valence-corrected chi connectivity index (χ4v) is 10.5. The molecular weight excluding hydrogens is 769 g/mol. The van der Waals surface area contributed by atoms with E-state index in [2.05, 4.69) is 44.7 Å². The number of fused-ring (bicyclic) bond motifs is 5. The van der Waals surface area contributed by atoms with Crippen LogP contribution < -0.4 is 0 Å². The first-order valence-electron chi connectivity index (χ1n) is 20.7. The predicted molar refractivity (Wildman–Crippen MR) is 225 cm³/mol. The second kappa shape index (κ2) is 17.7. The average Bonchev–Trinajstić information content (AvgIpc) is 3.28. The highest BCUT2D eigenvalue weighted by atomic mass is 35.5. The number of methoxy groups -OCH3 is 1. The number of aliphatic hydroxyl groups excluding tert-OH is 1. The van der Waals surface area contributed by atoms with Crippen LogP contribution >= 0.6 is 34.8 Å². The quantitative estimate of drug-likeness (QED) is 0.151. The lowest BCUT2D eigenvalue weighted by molar-refractivity contribution is -0.577. The smallest absolute Gasteiger partial charge is 0.201 e. The van der Waals surface area contributed by atoms with Gasteiger partial charge in [0.2, 0.25) is 5.79 Å². The van der Waals surface area contributed by atoms with Gasteiger partial charge in [-0.3, -0.25) is 0 Å². The molecule has 0 amide bonds. The van der Waals surface area contributed by atoms with Crippen molar-refractivity contribution in [2.45, 2.75) is 116 Å². The van der Waals surface area contributed by atoms with Crippen molar-refractivity contribution in [3.8, 4) is 11.1 Å². The highest BCUT2D eigenvalue weighted by Gasteiger charge is 2.69. The summed E-state index contributed by atoms with van der Waals surface area (Å²) in [6.07, 6.45) is 9.65. The summed E-state index contributed by atoms with van der Waals surface area (Å²) in [6.45, 7) is 13.4. The topological polar surface area (TPSA) is 69.6 Å². The summed E-state index contributed by atoms with van der Waals surface area (Å²) >= 11 is 19.2. The van der Waals surface area contributed by atoms with Crippen LogP contribution in [0.5, 0.6) is 0 Å². The van der Waals surface area contributed by atoms with Gasteiger partial charge >= 0.3 is 0 Å². The van der Waals surface area contributed by atoms with E-state index in [0.29, 0.717) is 39.4 Å². The summed E-state index contributed by atoms with van der Waals surface area (Å²) in [4.78, 5) is 14.2. The lowest BCUT2D eigenvalue weighted by Crippen LogP contribution is -2.70. The third-order valence-corrected chi connectivity index (χ3v) is 13.6. The summed E-state index contributed by atoms with van der Waals surface area (Å²) in [5, 5.41) is 13.5. The lowest BCUT2D eigenvalue weighted by Gasteiger charge is -2.60. The summed E-state index contributed by atoms with van der Waals surface area (Å²) < 4.78 is 17.9. The molecule has 6 aliphatic rings. The van der Waals surface area contributed by atoms with Crippen LogP contribution in [0.4, 0.5) is 0 Å². The summed E-state index contributed by atoms with van der Waals surface area (Å²) in [5.74, 6) is 0.953. The molecule has 7 nitrogen and oxygen atoms in total. The van der Waals surface area contributed by atoms with E-state index in [1.54, 1.807) is 7.11 Å². The van der Waals surface area contributed by atoms with E-state index in [4.69, 9.17) is 58.8 Å². The van der Waals surface area contributed by atoms with Crippen LogP contribution in [0, 0.1) is 23.7 Å². The van der Waals surface area contributed by atoms with E-state index >= 15 is 0 Å². The minimum absolute atomic E-state index is 0.230. The Morgan fingerprint density at radius 1 is 0.857 bits per heavy atom. The van der Waals surface area contributed by atoms with E-state index in [0.717, 1.165) is 97.0 Å². The number of halogens is 3. The van der Waals surface area contributed by atoms with Crippen molar-refractivity contribution in [3.05, 3.63) is 91.9 Å². The Bertz CT molecular complexity index is 1860. The fourth-order valence-electron chi connectivity index (χ4n) is 9.93. The summed E-state index contributed by atoms with van der Waals surface area (Å²) in [6, 6.07) is 17.6. The summed E-state index contributed by atoms with van der Waals surface area (Å²) in [7, 11) is 1.70. The van der Waals surface area contributed by atoms with Crippen molar-refractivity contribution in [2.24, 2.45) is 23.7 Å². The van der Waals surface area contributed by atoms with Crippen LogP contribution in [0.15, 0.2) is 54.6 Å². The van der Waals surface area contributed by atoms with Gasteiger partial charge < -0.3 is 24.2 Å². The third kappa shape index (κ3) is 8.25. The van der Waals surface area contributed by atoms with E-state index in [1.807, 2.05) is 55.5 Å². The molecule has 2 aliphatic carbocycles. The number of aliphatic hydroxyl groups is 1. The number of unbranched alkanes of at least 4 members (excludes halogenated alkanes) is 2. The molecule has 304 valence electrons. The van der Waals surface area contributed by atoms with Crippen molar-refractivity contribution >= 4 is 46.5 Å². The minimum Gasteiger partial charge on any atom is -0.387 e. The van der Waals surface area contributed by atoms with Crippen LogP contribution in [0.25, 0.3) is 22.8 Å². The van der Waals surface area contributed by atoms with E-state index in [9.17, 15) is 5.11 Å². The molecule has 0 aromatic heterocycles. The van der Waals surface area contributed by atoms with Gasteiger partial charge in [0.05, 0.1) is 6.10 Å². The fraction of sp³-hybridized carbons (Fsp3) is 0.565. The van der Waals surface area contributed by atoms with Crippen molar-refractivity contribution in [1.82, 2.24) is 4.90 Å². The van der Waals surface area contributed by atoms with Crippen molar-refractivity contribution in [2.75, 3.05) is 26.7 Å². The molecule has 9 atom stereocenters. The van der Waals surface area contributed by atoms with Crippen LogP contribution in [0.2, 0.25) is 15.1 Å². The van der Waals surface area contributed by atoms with E-state index < -0.39 is 23.8 Å². The minimum atomic E-state index is -0.698. The molecular formula is C46H58Cl3NO6. The van der Waals surface area contributed by atoms with E-state index in [1.165, 1.54) is 6.42 Å². The van der Waals surface area contributed by atoms with Crippen molar-refractivity contribution in [1.29, 1.82) is 0 Å². The predicted octanol–water partition coefficient (Wildman–Crippen LogP) is 12.0. The Hall–Kier alpha value is -2.01. The standard InChI is InChI=1S/C30H32Cl3NO.C16H26O5/c1-3-5-13-34(14-6-4-2)19-29(35)28-18-23(33)17-27-25(15-20-7-9-21(31)10-8-20)26-16-22(32)11-12-24(26)30(27)28;1-9-5-6-12-10(2)13(17-4)18-14-16(12)11(9)7-8-15(3,19-14)20-21-16/h7-12,15-18,29,35H,3-6,13-14,19H2,1-2H3;9-14H,5-8H2,1-4H3/b25-15-;/t;9-,10-,11+,12+,13+,14-,15-,16-/m.1/s1. The van der Waals surface area contributed by atoms with Gasteiger partial charge in [0.15, 0.2) is 18.2 Å². The first-order valence-corrected chi connectivity index (χ1v) is 21.8. The Balaban J connectivity index is 0.000000193. The number of hydrogen-bond acceptors (Lipinski definition) is 7. The average molecular weight is 827 g/mol. The largest absolute Gasteiger partial charge is 0.387 e. The van der Waals surface area contributed by atoms with Gasteiger partial charge in [0.1, 0.15) is 0 Å².